The largest absolute Gasteiger partial charge is 0.349 e. The Kier molecular flexibility index (Phi) is 5.88. The first-order valence-electron chi connectivity index (χ1n) is 6.81. The predicted molar refractivity (Wildman–Crippen MR) is 96.2 cm³/mol. The number of sulfonamides is 1. The van der Waals surface area contributed by atoms with Gasteiger partial charge >= 0.3 is 0 Å². The molecule has 0 radical (unpaired) electrons. The first kappa shape index (κ1) is 18.3. The molecular weight excluding hydrogens is 371 g/mol. The lowest BCUT2D eigenvalue weighted by Crippen LogP contribution is -2.23. The average molecular weight is 385 g/mol. The van der Waals surface area contributed by atoms with Crippen molar-refractivity contribution in [3.05, 3.63) is 70.7 Å². The molecule has 2 aromatic rings. The van der Waals surface area contributed by atoms with Gasteiger partial charge in [-0.2, -0.15) is 0 Å². The molecule has 0 fully saturated rings. The van der Waals surface area contributed by atoms with Crippen molar-refractivity contribution in [1.29, 1.82) is 0 Å². The average Bonchev–Trinajstić information content (AvgIpc) is 2.56. The van der Waals surface area contributed by atoms with E-state index < -0.39 is 10.0 Å². The van der Waals surface area contributed by atoms with Crippen LogP contribution in [-0.2, 0) is 10.0 Å². The number of hydrogen-bond acceptors (Lipinski definition) is 3. The van der Waals surface area contributed by atoms with E-state index in [9.17, 15) is 13.2 Å². The van der Waals surface area contributed by atoms with Gasteiger partial charge in [0, 0.05) is 12.1 Å². The molecule has 0 heterocycles. The number of halogens is 2. The normalized spacial score (nSPS) is 10.9. The van der Waals surface area contributed by atoms with Gasteiger partial charge in [0.25, 0.3) is 15.9 Å². The summed E-state index contributed by atoms with van der Waals surface area (Å²) in [7, 11) is -3.88. The third-order valence-corrected chi connectivity index (χ3v) is 5.03. The fraction of sp³-hybridized carbons (Fsp3) is 0.0625. The maximum absolute atomic E-state index is 12.4. The van der Waals surface area contributed by atoms with Crippen molar-refractivity contribution in [2.24, 2.45) is 0 Å². The van der Waals surface area contributed by atoms with E-state index in [0.29, 0.717) is 12.1 Å². The number of carbonyl (C=O) groups is 1. The van der Waals surface area contributed by atoms with Crippen LogP contribution in [0.4, 0.5) is 5.69 Å². The molecule has 0 aliphatic carbocycles. The highest BCUT2D eigenvalue weighted by atomic mass is 35.5. The van der Waals surface area contributed by atoms with Gasteiger partial charge < -0.3 is 5.32 Å². The molecule has 8 heteroatoms. The number of carbonyl (C=O) groups excluding carboxylic acids is 1. The van der Waals surface area contributed by atoms with Crippen molar-refractivity contribution >= 4 is 44.8 Å². The van der Waals surface area contributed by atoms with Gasteiger partial charge in [-0.15, -0.1) is 6.58 Å². The number of rotatable bonds is 6. The van der Waals surface area contributed by atoms with Crippen molar-refractivity contribution in [2.45, 2.75) is 4.90 Å². The van der Waals surface area contributed by atoms with Crippen molar-refractivity contribution in [2.75, 3.05) is 11.3 Å². The summed E-state index contributed by atoms with van der Waals surface area (Å²) >= 11 is 11.9. The van der Waals surface area contributed by atoms with Crippen molar-refractivity contribution in [3.63, 3.8) is 0 Å². The smallest absolute Gasteiger partial charge is 0.261 e. The fourth-order valence-electron chi connectivity index (χ4n) is 1.84. The van der Waals surface area contributed by atoms with Crippen molar-refractivity contribution in [3.8, 4) is 0 Å². The minimum Gasteiger partial charge on any atom is -0.349 e. The first-order valence-corrected chi connectivity index (χ1v) is 9.05. The number of nitrogens with one attached hydrogen (secondary N) is 2. The maximum atomic E-state index is 12.4. The van der Waals surface area contributed by atoms with Crippen molar-refractivity contribution < 1.29 is 13.2 Å². The van der Waals surface area contributed by atoms with Gasteiger partial charge in [-0.3, -0.25) is 9.52 Å². The van der Waals surface area contributed by atoms with Crippen LogP contribution in [0.2, 0.25) is 10.0 Å². The Labute approximate surface area is 150 Å². The highest BCUT2D eigenvalue weighted by Crippen LogP contribution is 2.31. The van der Waals surface area contributed by atoms with E-state index in [1.807, 2.05) is 0 Å². The lowest BCUT2D eigenvalue weighted by Gasteiger charge is -2.11. The third-order valence-electron chi connectivity index (χ3n) is 3.03. The molecule has 2 aromatic carbocycles. The molecule has 0 saturated carbocycles. The lowest BCUT2D eigenvalue weighted by molar-refractivity contribution is 0.0958. The van der Waals surface area contributed by atoms with E-state index in [-0.39, 0.29) is 26.5 Å². The zero-order chi connectivity index (χ0) is 17.7. The second kappa shape index (κ2) is 7.70. The van der Waals surface area contributed by atoms with Gasteiger partial charge in [0.1, 0.15) is 0 Å². The van der Waals surface area contributed by atoms with Crippen LogP contribution in [0.1, 0.15) is 10.4 Å². The van der Waals surface area contributed by atoms with E-state index in [2.05, 4.69) is 16.6 Å². The molecule has 0 saturated heterocycles. The molecule has 24 heavy (non-hydrogen) atoms. The first-order chi connectivity index (χ1) is 11.3. The molecule has 0 aliphatic rings. The molecule has 0 aliphatic heterocycles. The van der Waals surface area contributed by atoms with E-state index in [0.717, 1.165) is 0 Å². The van der Waals surface area contributed by atoms with Gasteiger partial charge in [0.15, 0.2) is 0 Å². The molecule has 5 nitrogen and oxygen atoms in total. The molecule has 0 atom stereocenters. The zero-order valence-electron chi connectivity index (χ0n) is 12.4. The Morgan fingerprint density at radius 1 is 1.08 bits per heavy atom. The molecule has 126 valence electrons. The minimum absolute atomic E-state index is 0.0150. The monoisotopic (exact) mass is 384 g/mol. The minimum atomic E-state index is -3.88. The quantitative estimate of drug-likeness (QED) is 0.745. The molecule has 1 amide bonds. The second-order valence-corrected chi connectivity index (χ2v) is 7.22. The predicted octanol–water partition coefficient (Wildman–Crippen LogP) is 3.71. The maximum Gasteiger partial charge on any atom is 0.261 e. The Bertz CT molecular complexity index is 845. The molecule has 0 aromatic heterocycles. The number of para-hydroxylation sites is 1. The number of hydrogen-bond donors (Lipinski definition) is 2. The van der Waals surface area contributed by atoms with E-state index in [1.165, 1.54) is 36.4 Å². The van der Waals surface area contributed by atoms with Crippen LogP contribution in [0, 0.1) is 0 Å². The molecule has 0 unspecified atom stereocenters. The summed E-state index contributed by atoms with van der Waals surface area (Å²) in [5.41, 5.74) is 0.445. The van der Waals surface area contributed by atoms with Crippen LogP contribution >= 0.6 is 23.2 Å². The van der Waals surface area contributed by atoms with Gasteiger partial charge in [-0.1, -0.05) is 35.3 Å². The van der Waals surface area contributed by atoms with Crippen molar-refractivity contribution in [1.82, 2.24) is 5.32 Å². The standard InChI is InChI=1S/C16H14Cl2N2O3S/c1-2-10-19-16(21)11-6-8-12(9-7-11)24(22,23)20-15-13(17)4-3-5-14(15)18/h2-9,20H,1,10H2,(H,19,21). The van der Waals surface area contributed by atoms with Crippen LogP contribution in [0.5, 0.6) is 0 Å². The third kappa shape index (κ3) is 4.29. The highest BCUT2D eigenvalue weighted by molar-refractivity contribution is 7.92. The van der Waals surface area contributed by atoms with Crippen LogP contribution in [0.3, 0.4) is 0 Å². The Balaban J connectivity index is 2.24. The Morgan fingerprint density at radius 2 is 1.67 bits per heavy atom. The van der Waals surface area contributed by atoms with E-state index >= 15 is 0 Å². The van der Waals surface area contributed by atoms with Gasteiger partial charge in [0.05, 0.1) is 20.6 Å². The molecule has 2 rings (SSSR count). The SMILES string of the molecule is C=CCNC(=O)c1ccc(S(=O)(=O)Nc2c(Cl)cccc2Cl)cc1. The summed E-state index contributed by atoms with van der Waals surface area (Å²) in [4.78, 5) is 11.8. The number of amides is 1. The van der Waals surface area contributed by atoms with Crippen LogP contribution in [-0.4, -0.2) is 20.9 Å². The van der Waals surface area contributed by atoms with E-state index in [4.69, 9.17) is 23.2 Å². The van der Waals surface area contributed by atoms with E-state index in [1.54, 1.807) is 12.1 Å². The Morgan fingerprint density at radius 3 is 2.21 bits per heavy atom. The summed E-state index contributed by atoms with van der Waals surface area (Å²) in [5, 5.41) is 2.98. The summed E-state index contributed by atoms with van der Waals surface area (Å²) < 4.78 is 27.2. The lowest BCUT2D eigenvalue weighted by atomic mass is 10.2. The number of benzene rings is 2. The Hall–Kier alpha value is -2.02. The molecule has 2 N–H and O–H groups in total. The summed E-state index contributed by atoms with van der Waals surface area (Å²) in [5.74, 6) is -0.319. The van der Waals surface area contributed by atoms with Gasteiger partial charge in [-0.25, -0.2) is 8.42 Å². The van der Waals surface area contributed by atoms with Gasteiger partial charge in [0.2, 0.25) is 0 Å². The molecular formula is C16H14Cl2N2O3S. The fourth-order valence-corrected chi connectivity index (χ4v) is 3.55. The highest BCUT2D eigenvalue weighted by Gasteiger charge is 2.18. The van der Waals surface area contributed by atoms with Crippen LogP contribution in [0.15, 0.2) is 60.0 Å². The van der Waals surface area contributed by atoms with Crippen LogP contribution in [0.25, 0.3) is 0 Å². The molecule has 0 bridgehead atoms. The topological polar surface area (TPSA) is 75.3 Å². The van der Waals surface area contributed by atoms with Gasteiger partial charge in [-0.05, 0) is 36.4 Å². The van der Waals surface area contributed by atoms with Crippen LogP contribution < -0.4 is 10.0 Å². The summed E-state index contributed by atoms with van der Waals surface area (Å²) in [6.45, 7) is 3.83. The number of anilines is 1. The summed E-state index contributed by atoms with van der Waals surface area (Å²) in [6.07, 6.45) is 1.55. The molecule has 0 spiro atoms. The summed E-state index contributed by atoms with van der Waals surface area (Å²) in [6, 6.07) is 10.2. The zero-order valence-corrected chi connectivity index (χ0v) is 14.8. The second-order valence-electron chi connectivity index (χ2n) is 4.73.